The fourth-order valence-electron chi connectivity index (χ4n) is 3.15. The fourth-order valence-corrected chi connectivity index (χ4v) is 3.15. The number of oxazole rings is 1. The first-order valence-corrected chi connectivity index (χ1v) is 8.53. The molecule has 0 spiro atoms. The van der Waals surface area contributed by atoms with Crippen molar-refractivity contribution in [3.05, 3.63) is 64.6 Å². The van der Waals surface area contributed by atoms with Crippen molar-refractivity contribution in [2.45, 2.75) is 6.61 Å². The van der Waals surface area contributed by atoms with Gasteiger partial charge in [0, 0.05) is 26.2 Å². The number of amides is 1. The number of fused-ring (bicyclic) bond motifs is 1. The Labute approximate surface area is 149 Å². The predicted octanol–water partition coefficient (Wildman–Crippen LogP) is 2.58. The Hall–Kier alpha value is -3.22. The van der Waals surface area contributed by atoms with Crippen molar-refractivity contribution in [3.63, 3.8) is 0 Å². The number of aromatic nitrogens is 1. The molecule has 0 radical (unpaired) electrons. The number of benzene rings is 2. The van der Waals surface area contributed by atoms with Gasteiger partial charge in [0.1, 0.15) is 6.61 Å². The molecule has 7 heteroatoms. The smallest absolute Gasteiger partial charge is 0.417 e. The second-order valence-corrected chi connectivity index (χ2v) is 6.18. The number of piperazine rings is 1. The van der Waals surface area contributed by atoms with Gasteiger partial charge in [0.15, 0.2) is 5.58 Å². The first-order valence-electron chi connectivity index (χ1n) is 8.53. The van der Waals surface area contributed by atoms with Gasteiger partial charge in [-0.25, -0.2) is 9.59 Å². The van der Waals surface area contributed by atoms with Crippen LogP contribution in [0.15, 0.2) is 57.7 Å². The van der Waals surface area contributed by atoms with E-state index in [2.05, 4.69) is 9.88 Å². The molecule has 1 aliphatic rings. The summed E-state index contributed by atoms with van der Waals surface area (Å²) in [5.41, 5.74) is 3.06. The van der Waals surface area contributed by atoms with Gasteiger partial charge in [-0.05, 0) is 17.7 Å². The van der Waals surface area contributed by atoms with Crippen LogP contribution >= 0.6 is 0 Å². The molecule has 1 saturated heterocycles. The molecule has 3 aromatic rings. The van der Waals surface area contributed by atoms with Crippen LogP contribution in [0.2, 0.25) is 0 Å². The second-order valence-electron chi connectivity index (χ2n) is 6.18. The maximum Gasteiger partial charge on any atom is 0.417 e. The summed E-state index contributed by atoms with van der Waals surface area (Å²) in [6, 6.07) is 15.2. The molecule has 1 amide bonds. The number of hydrogen-bond donors (Lipinski definition) is 1. The summed E-state index contributed by atoms with van der Waals surface area (Å²) >= 11 is 0. The molecule has 1 aliphatic heterocycles. The van der Waals surface area contributed by atoms with E-state index in [1.165, 1.54) is 0 Å². The number of H-pyrrole nitrogens is 1. The van der Waals surface area contributed by atoms with E-state index in [1.54, 1.807) is 11.0 Å². The molecule has 0 bridgehead atoms. The lowest BCUT2D eigenvalue weighted by Gasteiger charge is -2.35. The van der Waals surface area contributed by atoms with Crippen molar-refractivity contribution in [2.24, 2.45) is 0 Å². The lowest BCUT2D eigenvalue weighted by atomic mass is 10.2. The van der Waals surface area contributed by atoms with Crippen molar-refractivity contribution < 1.29 is 13.9 Å². The number of nitrogens with one attached hydrogen (secondary N) is 1. The Morgan fingerprint density at radius 3 is 2.58 bits per heavy atom. The summed E-state index contributed by atoms with van der Waals surface area (Å²) in [6.45, 7) is 2.67. The molecule has 26 heavy (non-hydrogen) atoms. The quantitative estimate of drug-likeness (QED) is 0.783. The van der Waals surface area contributed by atoms with Crippen molar-refractivity contribution in [3.8, 4) is 0 Å². The predicted molar refractivity (Wildman–Crippen MR) is 97.2 cm³/mol. The highest BCUT2D eigenvalue weighted by molar-refractivity contribution is 5.86. The number of hydrogen-bond acceptors (Lipinski definition) is 5. The van der Waals surface area contributed by atoms with Gasteiger partial charge in [0.25, 0.3) is 0 Å². The monoisotopic (exact) mass is 353 g/mol. The number of ether oxygens (including phenoxy) is 1. The average Bonchev–Trinajstić information content (AvgIpc) is 3.07. The van der Waals surface area contributed by atoms with E-state index in [9.17, 15) is 9.59 Å². The van der Waals surface area contributed by atoms with Crippen LogP contribution in [-0.2, 0) is 11.3 Å². The molecular formula is C19H19N3O4. The number of nitrogens with zero attached hydrogens (tertiary/aromatic N) is 2. The minimum absolute atomic E-state index is 0.272. The Bertz CT molecular complexity index is 956. The van der Waals surface area contributed by atoms with E-state index < -0.39 is 5.76 Å². The van der Waals surface area contributed by atoms with Crippen LogP contribution < -0.4 is 10.7 Å². The molecule has 0 unspecified atom stereocenters. The summed E-state index contributed by atoms with van der Waals surface area (Å²) in [5, 5.41) is 0. The maximum atomic E-state index is 12.3. The molecule has 7 nitrogen and oxygen atoms in total. The van der Waals surface area contributed by atoms with Gasteiger partial charge in [0.05, 0.1) is 11.2 Å². The molecule has 0 atom stereocenters. The van der Waals surface area contributed by atoms with Crippen LogP contribution in [0.5, 0.6) is 0 Å². The highest BCUT2D eigenvalue weighted by atomic mass is 16.6. The second kappa shape index (κ2) is 6.95. The van der Waals surface area contributed by atoms with Crippen LogP contribution in [0.25, 0.3) is 11.1 Å². The minimum atomic E-state index is -0.462. The summed E-state index contributed by atoms with van der Waals surface area (Å²) < 4.78 is 10.6. The first kappa shape index (κ1) is 16.3. The van der Waals surface area contributed by atoms with Gasteiger partial charge in [-0.1, -0.05) is 36.4 Å². The van der Waals surface area contributed by atoms with Gasteiger partial charge in [-0.15, -0.1) is 0 Å². The third-order valence-electron chi connectivity index (χ3n) is 4.51. The van der Waals surface area contributed by atoms with E-state index in [1.807, 2.05) is 42.5 Å². The zero-order valence-electron chi connectivity index (χ0n) is 14.2. The largest absolute Gasteiger partial charge is 0.445 e. The summed E-state index contributed by atoms with van der Waals surface area (Å²) in [6.07, 6.45) is -0.306. The fraction of sp³-hybridized carbons (Fsp3) is 0.263. The summed E-state index contributed by atoms with van der Waals surface area (Å²) in [7, 11) is 0. The van der Waals surface area contributed by atoms with Gasteiger partial charge in [0.2, 0.25) is 0 Å². The van der Waals surface area contributed by atoms with E-state index in [0.29, 0.717) is 37.3 Å². The highest BCUT2D eigenvalue weighted by Crippen LogP contribution is 2.25. The van der Waals surface area contributed by atoms with Crippen LogP contribution in [-0.4, -0.2) is 42.2 Å². The molecule has 2 heterocycles. The highest BCUT2D eigenvalue weighted by Gasteiger charge is 2.24. The Balaban J connectivity index is 1.37. The van der Waals surface area contributed by atoms with Crippen LogP contribution in [0.3, 0.4) is 0 Å². The van der Waals surface area contributed by atoms with Crippen molar-refractivity contribution in [1.82, 2.24) is 9.88 Å². The molecule has 0 saturated carbocycles. The third kappa shape index (κ3) is 3.28. The van der Waals surface area contributed by atoms with E-state index in [4.69, 9.17) is 9.15 Å². The molecule has 134 valence electrons. The molecule has 1 fully saturated rings. The third-order valence-corrected chi connectivity index (χ3v) is 4.51. The van der Waals surface area contributed by atoms with Gasteiger partial charge in [-0.2, -0.15) is 0 Å². The van der Waals surface area contributed by atoms with Crippen LogP contribution in [0, 0.1) is 0 Å². The lowest BCUT2D eigenvalue weighted by Crippen LogP contribution is -2.49. The van der Waals surface area contributed by atoms with Crippen molar-refractivity contribution >= 4 is 22.9 Å². The normalized spacial score (nSPS) is 14.6. The van der Waals surface area contributed by atoms with E-state index >= 15 is 0 Å². The Morgan fingerprint density at radius 2 is 1.81 bits per heavy atom. The molecule has 1 aromatic heterocycles. The van der Waals surface area contributed by atoms with Gasteiger partial charge < -0.3 is 19.0 Å². The van der Waals surface area contributed by atoms with E-state index in [-0.39, 0.29) is 12.7 Å². The van der Waals surface area contributed by atoms with Crippen LogP contribution in [0.4, 0.5) is 10.5 Å². The molecule has 4 rings (SSSR count). The molecule has 2 aromatic carbocycles. The van der Waals surface area contributed by atoms with E-state index in [0.717, 1.165) is 11.3 Å². The number of carbonyl (C=O) groups is 1. The van der Waals surface area contributed by atoms with Gasteiger partial charge >= 0.3 is 11.8 Å². The molecule has 1 N–H and O–H groups in total. The Morgan fingerprint density at radius 1 is 1.04 bits per heavy atom. The number of aromatic amines is 1. The minimum Gasteiger partial charge on any atom is -0.445 e. The average molecular weight is 353 g/mol. The number of rotatable bonds is 3. The lowest BCUT2D eigenvalue weighted by molar-refractivity contribution is 0.0942. The first-order chi connectivity index (χ1) is 12.7. The number of anilines is 1. The van der Waals surface area contributed by atoms with Crippen LogP contribution in [0.1, 0.15) is 5.56 Å². The van der Waals surface area contributed by atoms with Gasteiger partial charge in [-0.3, -0.25) is 4.98 Å². The topological polar surface area (TPSA) is 78.8 Å². The number of carbonyl (C=O) groups excluding carboxylic acids is 1. The standard InChI is InChI=1S/C19H19N3O4/c23-18-20-15-7-4-8-16(17(15)26-18)21-9-11-22(12-10-21)19(24)25-13-14-5-2-1-3-6-14/h1-8H,9-13H2,(H,20,23). The maximum absolute atomic E-state index is 12.3. The molecular weight excluding hydrogens is 334 g/mol. The summed E-state index contributed by atoms with van der Waals surface area (Å²) in [5.74, 6) is -0.462. The SMILES string of the molecule is O=C(OCc1ccccc1)N1CCN(c2cccc3[nH]c(=O)oc23)CC1. The molecule has 0 aliphatic carbocycles. The zero-order chi connectivity index (χ0) is 17.9. The zero-order valence-corrected chi connectivity index (χ0v) is 14.2. The summed E-state index contributed by atoms with van der Waals surface area (Å²) in [4.78, 5) is 30.2. The Kier molecular flexibility index (Phi) is 4.35. The number of para-hydroxylation sites is 1. The van der Waals surface area contributed by atoms with Crippen molar-refractivity contribution in [2.75, 3.05) is 31.1 Å². The van der Waals surface area contributed by atoms with Crippen molar-refractivity contribution in [1.29, 1.82) is 0 Å².